The van der Waals surface area contributed by atoms with Crippen molar-refractivity contribution < 1.29 is 4.79 Å². The Labute approximate surface area is 147 Å². The molecule has 0 spiro atoms. The number of halogens is 1. The highest BCUT2D eigenvalue weighted by Crippen LogP contribution is 2.23. The SMILES string of the molecule is O=C(CCn1ccc2cc(Br)ccc21)Nc1cccc2[nH]ccc12. The van der Waals surface area contributed by atoms with Crippen molar-refractivity contribution in [2.45, 2.75) is 13.0 Å². The number of aromatic amines is 1. The van der Waals surface area contributed by atoms with Crippen molar-refractivity contribution in [3.8, 4) is 0 Å². The van der Waals surface area contributed by atoms with E-state index in [4.69, 9.17) is 0 Å². The van der Waals surface area contributed by atoms with Gasteiger partial charge in [-0.3, -0.25) is 4.79 Å². The summed E-state index contributed by atoms with van der Waals surface area (Å²) in [5, 5.41) is 5.21. The van der Waals surface area contributed by atoms with Crippen LogP contribution in [0.25, 0.3) is 21.8 Å². The first-order valence-electron chi connectivity index (χ1n) is 7.81. The summed E-state index contributed by atoms with van der Waals surface area (Å²) < 4.78 is 3.17. The van der Waals surface area contributed by atoms with Crippen LogP contribution in [0.5, 0.6) is 0 Å². The number of carbonyl (C=O) groups is 1. The Kier molecular flexibility index (Phi) is 3.86. The molecular formula is C19H16BrN3O. The zero-order valence-electron chi connectivity index (χ0n) is 12.9. The third kappa shape index (κ3) is 2.83. The van der Waals surface area contributed by atoms with Crippen LogP contribution < -0.4 is 5.32 Å². The van der Waals surface area contributed by atoms with Crippen LogP contribution in [-0.4, -0.2) is 15.5 Å². The fourth-order valence-electron chi connectivity index (χ4n) is 3.00. The molecule has 120 valence electrons. The number of benzene rings is 2. The van der Waals surface area contributed by atoms with Crippen LogP contribution in [0.3, 0.4) is 0 Å². The number of amides is 1. The fourth-order valence-corrected chi connectivity index (χ4v) is 3.37. The summed E-state index contributed by atoms with van der Waals surface area (Å²) in [5.74, 6) is 0.0164. The molecule has 0 radical (unpaired) electrons. The van der Waals surface area contributed by atoms with E-state index in [1.807, 2.05) is 42.7 Å². The van der Waals surface area contributed by atoms with Crippen LogP contribution in [0.1, 0.15) is 6.42 Å². The molecule has 0 atom stereocenters. The van der Waals surface area contributed by atoms with Gasteiger partial charge in [0.1, 0.15) is 0 Å². The standard InChI is InChI=1S/C19H16BrN3O/c20-14-4-5-18-13(12-14)7-10-23(18)11-8-19(24)22-17-3-1-2-16-15(17)6-9-21-16/h1-7,9-10,12,21H,8,11H2,(H,22,24). The number of rotatable bonds is 4. The van der Waals surface area contributed by atoms with Crippen LogP contribution in [-0.2, 0) is 11.3 Å². The third-order valence-electron chi connectivity index (χ3n) is 4.18. The molecule has 2 aromatic carbocycles. The Balaban J connectivity index is 1.47. The Morgan fingerprint density at radius 1 is 1.17 bits per heavy atom. The number of aryl methyl sites for hydroxylation is 1. The summed E-state index contributed by atoms with van der Waals surface area (Å²) in [4.78, 5) is 15.5. The van der Waals surface area contributed by atoms with Crippen molar-refractivity contribution in [1.29, 1.82) is 0 Å². The number of H-pyrrole nitrogens is 1. The van der Waals surface area contributed by atoms with Gasteiger partial charge in [-0.15, -0.1) is 0 Å². The Morgan fingerprint density at radius 2 is 2.08 bits per heavy atom. The molecule has 0 aliphatic rings. The smallest absolute Gasteiger partial charge is 0.226 e. The second kappa shape index (κ2) is 6.17. The third-order valence-corrected chi connectivity index (χ3v) is 4.68. The molecule has 0 unspecified atom stereocenters. The van der Waals surface area contributed by atoms with Gasteiger partial charge < -0.3 is 14.9 Å². The maximum Gasteiger partial charge on any atom is 0.226 e. The fraction of sp³-hybridized carbons (Fsp3) is 0.105. The van der Waals surface area contributed by atoms with Crippen molar-refractivity contribution >= 4 is 49.3 Å². The van der Waals surface area contributed by atoms with Crippen LogP contribution in [0.15, 0.2) is 65.4 Å². The molecule has 4 rings (SSSR count). The molecule has 0 aliphatic heterocycles. The van der Waals surface area contributed by atoms with Crippen LogP contribution in [0.4, 0.5) is 5.69 Å². The van der Waals surface area contributed by atoms with Crippen LogP contribution in [0.2, 0.25) is 0 Å². The number of aromatic nitrogens is 2. The van der Waals surface area contributed by atoms with Crippen molar-refractivity contribution in [3.05, 3.63) is 65.4 Å². The first kappa shape index (κ1) is 15.0. The number of fused-ring (bicyclic) bond motifs is 2. The van der Waals surface area contributed by atoms with E-state index in [2.05, 4.69) is 49.0 Å². The van der Waals surface area contributed by atoms with E-state index in [0.717, 1.165) is 26.6 Å². The first-order valence-corrected chi connectivity index (χ1v) is 8.60. The predicted octanol–water partition coefficient (Wildman–Crippen LogP) is 4.91. The van der Waals surface area contributed by atoms with Gasteiger partial charge in [0.15, 0.2) is 0 Å². The van der Waals surface area contributed by atoms with Gasteiger partial charge >= 0.3 is 0 Å². The van der Waals surface area contributed by atoms with Gasteiger partial charge in [0.25, 0.3) is 0 Å². The molecule has 0 bridgehead atoms. The quantitative estimate of drug-likeness (QED) is 0.518. The summed E-state index contributed by atoms with van der Waals surface area (Å²) in [6.45, 7) is 0.653. The van der Waals surface area contributed by atoms with Gasteiger partial charge in [0, 0.05) is 51.6 Å². The molecule has 4 nitrogen and oxygen atoms in total. The average molecular weight is 382 g/mol. The number of hydrogen-bond donors (Lipinski definition) is 2. The van der Waals surface area contributed by atoms with E-state index in [-0.39, 0.29) is 5.91 Å². The lowest BCUT2D eigenvalue weighted by atomic mass is 10.2. The predicted molar refractivity (Wildman–Crippen MR) is 101 cm³/mol. The molecule has 0 fully saturated rings. The van der Waals surface area contributed by atoms with E-state index >= 15 is 0 Å². The average Bonchev–Trinajstić information content (AvgIpc) is 3.19. The second-order valence-corrected chi connectivity index (χ2v) is 6.67. The lowest BCUT2D eigenvalue weighted by Crippen LogP contribution is -2.14. The minimum absolute atomic E-state index is 0.0164. The van der Waals surface area contributed by atoms with Gasteiger partial charge in [-0.05, 0) is 42.5 Å². The van der Waals surface area contributed by atoms with Crippen molar-refractivity contribution in [1.82, 2.24) is 9.55 Å². The maximum atomic E-state index is 12.3. The molecule has 1 amide bonds. The molecule has 2 heterocycles. The summed E-state index contributed by atoms with van der Waals surface area (Å²) in [5.41, 5.74) is 3.01. The minimum atomic E-state index is 0.0164. The van der Waals surface area contributed by atoms with E-state index in [9.17, 15) is 4.79 Å². The Morgan fingerprint density at radius 3 is 3.00 bits per heavy atom. The molecule has 24 heavy (non-hydrogen) atoms. The van der Waals surface area contributed by atoms with E-state index in [1.165, 1.54) is 5.39 Å². The highest BCUT2D eigenvalue weighted by atomic mass is 79.9. The normalized spacial score (nSPS) is 11.2. The zero-order chi connectivity index (χ0) is 16.5. The molecule has 4 aromatic rings. The highest BCUT2D eigenvalue weighted by molar-refractivity contribution is 9.10. The van der Waals surface area contributed by atoms with E-state index in [1.54, 1.807) is 0 Å². The molecular weight excluding hydrogens is 366 g/mol. The monoisotopic (exact) mass is 381 g/mol. The number of hydrogen-bond acceptors (Lipinski definition) is 1. The largest absolute Gasteiger partial charge is 0.361 e. The van der Waals surface area contributed by atoms with Crippen LogP contribution >= 0.6 is 15.9 Å². The molecule has 0 aliphatic carbocycles. The topological polar surface area (TPSA) is 49.8 Å². The van der Waals surface area contributed by atoms with Gasteiger partial charge in [-0.25, -0.2) is 0 Å². The van der Waals surface area contributed by atoms with Crippen molar-refractivity contribution in [2.24, 2.45) is 0 Å². The summed E-state index contributed by atoms with van der Waals surface area (Å²) in [6, 6.07) is 16.1. The first-order chi connectivity index (χ1) is 11.7. The highest BCUT2D eigenvalue weighted by Gasteiger charge is 2.08. The van der Waals surface area contributed by atoms with E-state index in [0.29, 0.717) is 13.0 Å². The summed E-state index contributed by atoms with van der Waals surface area (Å²) in [7, 11) is 0. The van der Waals surface area contributed by atoms with Gasteiger partial charge in [-0.2, -0.15) is 0 Å². The zero-order valence-corrected chi connectivity index (χ0v) is 14.5. The second-order valence-electron chi connectivity index (χ2n) is 5.75. The molecule has 5 heteroatoms. The lowest BCUT2D eigenvalue weighted by Gasteiger charge is -2.08. The number of anilines is 1. The van der Waals surface area contributed by atoms with Gasteiger partial charge in [0.05, 0.1) is 5.69 Å². The molecule has 2 N–H and O–H groups in total. The Bertz CT molecular complexity index is 1030. The summed E-state index contributed by atoms with van der Waals surface area (Å²) in [6.07, 6.45) is 4.34. The molecule has 2 aromatic heterocycles. The van der Waals surface area contributed by atoms with Crippen molar-refractivity contribution in [3.63, 3.8) is 0 Å². The number of nitrogens with one attached hydrogen (secondary N) is 2. The molecule has 0 saturated carbocycles. The van der Waals surface area contributed by atoms with Crippen molar-refractivity contribution in [2.75, 3.05) is 5.32 Å². The minimum Gasteiger partial charge on any atom is -0.361 e. The van der Waals surface area contributed by atoms with Gasteiger partial charge in [0.2, 0.25) is 5.91 Å². The van der Waals surface area contributed by atoms with Crippen LogP contribution in [0, 0.1) is 0 Å². The lowest BCUT2D eigenvalue weighted by molar-refractivity contribution is -0.116. The molecule has 0 saturated heterocycles. The Hall–Kier alpha value is -2.53. The van der Waals surface area contributed by atoms with Gasteiger partial charge in [-0.1, -0.05) is 22.0 Å². The number of nitrogens with zero attached hydrogens (tertiary/aromatic N) is 1. The maximum absolute atomic E-state index is 12.3. The number of carbonyl (C=O) groups excluding carboxylic acids is 1. The summed E-state index contributed by atoms with van der Waals surface area (Å²) >= 11 is 3.48. The van der Waals surface area contributed by atoms with E-state index < -0.39 is 0 Å².